The first-order valence-corrected chi connectivity index (χ1v) is 8.27. The van der Waals surface area contributed by atoms with Crippen LogP contribution in [-0.4, -0.2) is 16.0 Å². The zero-order valence-electron chi connectivity index (χ0n) is 12.9. The van der Waals surface area contributed by atoms with Crippen molar-refractivity contribution in [3.63, 3.8) is 0 Å². The molecule has 3 nitrogen and oxygen atoms in total. The number of hydrogen-bond acceptors (Lipinski definition) is 4. The molecule has 0 N–H and O–H groups in total. The van der Waals surface area contributed by atoms with Crippen LogP contribution in [0.5, 0.6) is 0 Å². The second-order valence-electron chi connectivity index (χ2n) is 7.05. The first-order chi connectivity index (χ1) is 9.81. The zero-order chi connectivity index (χ0) is 15.4. The number of pyridine rings is 1. The van der Waals surface area contributed by atoms with Crippen LogP contribution in [0.25, 0.3) is 0 Å². The molecule has 2 aliphatic carbocycles. The van der Waals surface area contributed by atoms with Crippen LogP contribution in [0, 0.1) is 35.0 Å². The molecule has 2 saturated carbocycles. The van der Waals surface area contributed by atoms with Gasteiger partial charge in [0.1, 0.15) is 16.9 Å². The van der Waals surface area contributed by atoms with E-state index in [0.29, 0.717) is 16.4 Å². The maximum atomic E-state index is 12.7. The van der Waals surface area contributed by atoms with Crippen molar-refractivity contribution >= 4 is 17.5 Å². The highest BCUT2D eigenvalue weighted by Gasteiger charge is 2.66. The van der Waals surface area contributed by atoms with Gasteiger partial charge in [-0.05, 0) is 42.7 Å². The fraction of sp³-hybridized carbons (Fsp3) is 0.588. The maximum absolute atomic E-state index is 12.7. The van der Waals surface area contributed by atoms with E-state index in [-0.39, 0.29) is 22.0 Å². The lowest BCUT2D eigenvalue weighted by Gasteiger charge is -2.37. The number of nitrogens with zero attached hydrogens (tertiary/aromatic N) is 2. The molecule has 1 heterocycles. The Kier molecular flexibility index (Phi) is 3.18. The van der Waals surface area contributed by atoms with Crippen molar-refractivity contribution in [1.82, 2.24) is 4.98 Å². The van der Waals surface area contributed by atoms with Crippen LogP contribution < -0.4 is 0 Å². The van der Waals surface area contributed by atoms with Gasteiger partial charge in [-0.2, -0.15) is 5.26 Å². The van der Waals surface area contributed by atoms with E-state index >= 15 is 0 Å². The quantitative estimate of drug-likeness (QED) is 0.834. The number of ketones is 1. The summed E-state index contributed by atoms with van der Waals surface area (Å²) in [6, 6.07) is 5.84. The molecule has 21 heavy (non-hydrogen) atoms. The molecule has 0 radical (unpaired) electrons. The van der Waals surface area contributed by atoms with Gasteiger partial charge < -0.3 is 0 Å². The van der Waals surface area contributed by atoms with Crippen molar-refractivity contribution in [3.8, 4) is 6.07 Å². The van der Waals surface area contributed by atoms with Gasteiger partial charge in [0.15, 0.2) is 0 Å². The predicted molar refractivity (Wildman–Crippen MR) is 83.0 cm³/mol. The number of aromatic nitrogens is 1. The Balaban J connectivity index is 1.99. The van der Waals surface area contributed by atoms with Gasteiger partial charge in [-0.1, -0.05) is 32.5 Å². The summed E-state index contributed by atoms with van der Waals surface area (Å²) in [6.07, 6.45) is 2.09. The summed E-state index contributed by atoms with van der Waals surface area (Å²) in [7, 11) is 0. The molecule has 3 rings (SSSR count). The first-order valence-electron chi connectivity index (χ1n) is 7.39. The standard InChI is InChI=1S/C17H20N2OS/c1-10-5-6-11(9-18)15(19-10)21-14-13(20)12-7-8-17(14,4)16(12,2)3/h5-6,12,14H,7-8H2,1-4H3/t12-,14+,17-/m0/s1. The molecule has 0 aliphatic heterocycles. The van der Waals surface area contributed by atoms with Gasteiger partial charge in [0.05, 0.1) is 10.8 Å². The summed E-state index contributed by atoms with van der Waals surface area (Å²) in [5, 5.41) is 9.89. The van der Waals surface area contributed by atoms with Gasteiger partial charge in [0.2, 0.25) is 0 Å². The number of carbonyl (C=O) groups is 1. The third-order valence-electron chi connectivity index (χ3n) is 5.83. The summed E-state index contributed by atoms with van der Waals surface area (Å²) >= 11 is 1.51. The number of nitriles is 1. The summed E-state index contributed by atoms with van der Waals surface area (Å²) in [4.78, 5) is 17.2. The first kappa shape index (κ1) is 14.6. The highest BCUT2D eigenvalue weighted by atomic mass is 32.2. The Morgan fingerprint density at radius 2 is 2.10 bits per heavy atom. The molecule has 0 spiro atoms. The van der Waals surface area contributed by atoms with E-state index in [1.54, 1.807) is 6.07 Å². The summed E-state index contributed by atoms with van der Waals surface area (Å²) in [5.74, 6) is 0.515. The zero-order valence-corrected chi connectivity index (χ0v) is 13.8. The summed E-state index contributed by atoms with van der Waals surface area (Å²) < 4.78 is 0. The van der Waals surface area contributed by atoms with E-state index in [1.807, 2.05) is 13.0 Å². The minimum Gasteiger partial charge on any atom is -0.298 e. The number of Topliss-reactive ketones (excluding diaryl/α,β-unsaturated/α-hetero) is 1. The summed E-state index contributed by atoms with van der Waals surface area (Å²) in [5.41, 5.74) is 1.50. The van der Waals surface area contributed by atoms with Crippen LogP contribution in [-0.2, 0) is 4.79 Å². The largest absolute Gasteiger partial charge is 0.298 e. The lowest BCUT2D eigenvalue weighted by molar-refractivity contribution is -0.122. The molecule has 0 saturated heterocycles. The normalized spacial score (nSPS) is 33.2. The van der Waals surface area contributed by atoms with Crippen molar-refractivity contribution in [1.29, 1.82) is 5.26 Å². The molecule has 4 heteroatoms. The van der Waals surface area contributed by atoms with Crippen molar-refractivity contribution in [3.05, 3.63) is 23.4 Å². The molecule has 110 valence electrons. The Morgan fingerprint density at radius 3 is 2.67 bits per heavy atom. The second-order valence-corrected chi connectivity index (χ2v) is 8.14. The maximum Gasteiger partial charge on any atom is 0.150 e. The van der Waals surface area contributed by atoms with Crippen LogP contribution in [0.2, 0.25) is 0 Å². The lowest BCUT2D eigenvalue weighted by Crippen LogP contribution is -2.35. The third-order valence-corrected chi connectivity index (χ3v) is 7.35. The minimum absolute atomic E-state index is 0.00241. The second kappa shape index (κ2) is 4.58. The molecule has 1 aromatic heterocycles. The average Bonchev–Trinajstić information content (AvgIpc) is 2.73. The van der Waals surface area contributed by atoms with E-state index < -0.39 is 0 Å². The fourth-order valence-electron chi connectivity index (χ4n) is 4.00. The molecular formula is C17H20N2OS. The highest BCUT2D eigenvalue weighted by Crippen LogP contribution is 2.67. The van der Waals surface area contributed by atoms with Crippen LogP contribution >= 0.6 is 11.8 Å². The molecule has 0 unspecified atom stereocenters. The number of fused-ring (bicyclic) bond motifs is 2. The van der Waals surface area contributed by atoms with Gasteiger partial charge in [-0.15, -0.1) is 0 Å². The topological polar surface area (TPSA) is 53.8 Å². The van der Waals surface area contributed by atoms with E-state index in [9.17, 15) is 10.1 Å². The highest BCUT2D eigenvalue weighted by molar-refractivity contribution is 8.00. The van der Waals surface area contributed by atoms with E-state index in [4.69, 9.17) is 0 Å². The minimum atomic E-state index is -0.0763. The smallest absolute Gasteiger partial charge is 0.150 e. The Hall–Kier alpha value is -1.34. The Bertz CT molecular complexity index is 661. The SMILES string of the molecule is Cc1ccc(C#N)c(S[C@@H]2C(=O)[C@@H]3CC[C@]2(C)C3(C)C)n1. The molecule has 2 bridgehead atoms. The van der Waals surface area contributed by atoms with Gasteiger partial charge in [0.25, 0.3) is 0 Å². The van der Waals surface area contributed by atoms with Crippen LogP contribution in [0.3, 0.4) is 0 Å². The molecule has 0 amide bonds. The number of aryl methyl sites for hydroxylation is 1. The number of thioether (sulfide) groups is 1. The van der Waals surface area contributed by atoms with E-state index in [0.717, 1.165) is 18.5 Å². The predicted octanol–water partition coefficient (Wildman–Crippen LogP) is 3.75. The molecule has 2 fully saturated rings. The van der Waals surface area contributed by atoms with E-state index in [2.05, 4.69) is 31.8 Å². The molecule has 2 aliphatic rings. The summed E-state index contributed by atoms with van der Waals surface area (Å²) in [6.45, 7) is 8.59. The Labute approximate surface area is 130 Å². The van der Waals surface area contributed by atoms with Crippen molar-refractivity contribution in [2.75, 3.05) is 0 Å². The number of rotatable bonds is 2. The van der Waals surface area contributed by atoms with Gasteiger partial charge in [0, 0.05) is 11.6 Å². The molecular weight excluding hydrogens is 280 g/mol. The van der Waals surface area contributed by atoms with E-state index in [1.165, 1.54) is 11.8 Å². The molecule has 0 aromatic carbocycles. The molecule has 1 aromatic rings. The molecule has 3 atom stereocenters. The van der Waals surface area contributed by atoms with Crippen molar-refractivity contribution in [2.24, 2.45) is 16.7 Å². The number of hydrogen-bond donors (Lipinski definition) is 0. The van der Waals surface area contributed by atoms with Gasteiger partial charge >= 0.3 is 0 Å². The van der Waals surface area contributed by atoms with Gasteiger partial charge in [-0.25, -0.2) is 4.98 Å². The Morgan fingerprint density at radius 1 is 1.38 bits per heavy atom. The van der Waals surface area contributed by atoms with Crippen molar-refractivity contribution < 1.29 is 4.79 Å². The fourth-order valence-corrected chi connectivity index (χ4v) is 5.62. The van der Waals surface area contributed by atoms with Gasteiger partial charge in [-0.3, -0.25) is 4.79 Å². The van der Waals surface area contributed by atoms with Crippen LogP contribution in [0.1, 0.15) is 44.9 Å². The third kappa shape index (κ3) is 1.87. The van der Waals surface area contributed by atoms with Crippen LogP contribution in [0.4, 0.5) is 0 Å². The monoisotopic (exact) mass is 300 g/mol. The van der Waals surface area contributed by atoms with Crippen molar-refractivity contribution in [2.45, 2.75) is 50.8 Å². The lowest BCUT2D eigenvalue weighted by atomic mass is 9.71. The van der Waals surface area contributed by atoms with Crippen LogP contribution in [0.15, 0.2) is 17.2 Å². The number of carbonyl (C=O) groups excluding carboxylic acids is 1. The average molecular weight is 300 g/mol.